The van der Waals surface area contributed by atoms with Crippen LogP contribution in [0.2, 0.25) is 5.02 Å². The second kappa shape index (κ2) is 3.75. The Morgan fingerprint density at radius 2 is 1.88 bits per heavy atom. The van der Waals surface area contributed by atoms with Crippen molar-refractivity contribution in [2.45, 2.75) is 0 Å². The van der Waals surface area contributed by atoms with E-state index in [0.717, 1.165) is 12.1 Å². The number of halogens is 3. The lowest BCUT2D eigenvalue weighted by atomic mass is 10.1. The fraction of sp³-hybridized carbons (Fsp3) is 0.100. The van der Waals surface area contributed by atoms with Gasteiger partial charge in [-0.1, -0.05) is 11.6 Å². The molecule has 0 saturated heterocycles. The zero-order chi connectivity index (χ0) is 11.9. The minimum absolute atomic E-state index is 0.00112. The summed E-state index contributed by atoms with van der Waals surface area (Å²) in [7, 11) is 1.59. The smallest absolute Gasteiger partial charge is 0.135 e. The third-order valence-corrected chi connectivity index (χ3v) is 2.48. The average molecular weight is 244 g/mol. The molecule has 0 aliphatic rings. The number of nitrogen functional groups attached to an aromatic ring is 1. The van der Waals surface area contributed by atoms with Gasteiger partial charge in [-0.05, 0) is 12.1 Å². The molecule has 0 aliphatic carbocycles. The Morgan fingerprint density at radius 1 is 1.31 bits per heavy atom. The van der Waals surface area contributed by atoms with Gasteiger partial charge in [-0.25, -0.2) is 8.78 Å². The van der Waals surface area contributed by atoms with Crippen LogP contribution in [-0.4, -0.2) is 9.78 Å². The van der Waals surface area contributed by atoms with Crippen molar-refractivity contribution in [2.24, 2.45) is 7.05 Å². The fourth-order valence-electron chi connectivity index (χ4n) is 1.44. The Balaban J connectivity index is 2.69. The molecule has 0 bridgehead atoms. The highest BCUT2D eigenvalue weighted by molar-refractivity contribution is 6.30. The molecule has 0 saturated carbocycles. The second-order valence-corrected chi connectivity index (χ2v) is 3.75. The molecule has 0 radical (unpaired) electrons. The molecule has 0 atom stereocenters. The van der Waals surface area contributed by atoms with Crippen molar-refractivity contribution in [1.82, 2.24) is 9.78 Å². The summed E-state index contributed by atoms with van der Waals surface area (Å²) in [6, 6.07) is 2.07. The molecule has 0 spiro atoms. The van der Waals surface area contributed by atoms with Crippen LogP contribution in [0.25, 0.3) is 11.1 Å². The lowest BCUT2D eigenvalue weighted by Crippen LogP contribution is -1.99. The molecule has 1 aromatic heterocycles. The van der Waals surface area contributed by atoms with Gasteiger partial charge in [-0.3, -0.25) is 4.68 Å². The van der Waals surface area contributed by atoms with Gasteiger partial charge >= 0.3 is 0 Å². The van der Waals surface area contributed by atoms with Crippen LogP contribution >= 0.6 is 11.6 Å². The van der Waals surface area contributed by atoms with Crippen LogP contribution in [-0.2, 0) is 7.05 Å². The van der Waals surface area contributed by atoms with Gasteiger partial charge in [-0.15, -0.1) is 0 Å². The predicted molar refractivity (Wildman–Crippen MR) is 58.0 cm³/mol. The maximum absolute atomic E-state index is 13.6. The van der Waals surface area contributed by atoms with E-state index in [9.17, 15) is 8.78 Å². The summed E-state index contributed by atoms with van der Waals surface area (Å²) >= 11 is 5.52. The van der Waals surface area contributed by atoms with Gasteiger partial charge in [0, 0.05) is 17.6 Å². The topological polar surface area (TPSA) is 43.8 Å². The summed E-state index contributed by atoms with van der Waals surface area (Å²) in [5.74, 6) is -1.32. The number of aromatic nitrogens is 2. The van der Waals surface area contributed by atoms with E-state index in [1.807, 2.05) is 0 Å². The monoisotopic (exact) mass is 243 g/mol. The predicted octanol–water partition coefficient (Wildman–Crippen LogP) is 2.60. The third-order valence-electron chi connectivity index (χ3n) is 2.26. The number of benzene rings is 1. The van der Waals surface area contributed by atoms with Gasteiger partial charge in [0.25, 0.3) is 0 Å². The molecule has 84 valence electrons. The third kappa shape index (κ3) is 1.63. The summed E-state index contributed by atoms with van der Waals surface area (Å²) < 4.78 is 28.5. The van der Waals surface area contributed by atoms with Crippen molar-refractivity contribution in [1.29, 1.82) is 0 Å². The quantitative estimate of drug-likeness (QED) is 0.837. The largest absolute Gasteiger partial charge is 0.383 e. The number of nitrogens with two attached hydrogens (primary N) is 1. The molecule has 16 heavy (non-hydrogen) atoms. The van der Waals surface area contributed by atoms with Crippen LogP contribution in [0.5, 0.6) is 0 Å². The molecule has 6 heteroatoms. The van der Waals surface area contributed by atoms with Crippen LogP contribution in [0.4, 0.5) is 14.6 Å². The molecule has 0 unspecified atom stereocenters. The molecule has 3 nitrogen and oxygen atoms in total. The van der Waals surface area contributed by atoms with E-state index in [-0.39, 0.29) is 22.0 Å². The van der Waals surface area contributed by atoms with Crippen molar-refractivity contribution in [2.75, 3.05) is 5.73 Å². The minimum Gasteiger partial charge on any atom is -0.383 e. The van der Waals surface area contributed by atoms with Crippen molar-refractivity contribution in [3.8, 4) is 11.1 Å². The highest BCUT2D eigenvalue weighted by Crippen LogP contribution is 2.31. The summed E-state index contributed by atoms with van der Waals surface area (Å²) in [6.45, 7) is 0. The first-order valence-corrected chi connectivity index (χ1v) is 4.81. The average Bonchev–Trinajstić information content (AvgIpc) is 2.48. The summed E-state index contributed by atoms with van der Waals surface area (Å²) in [5.41, 5.74) is 5.65. The van der Waals surface area contributed by atoms with Gasteiger partial charge < -0.3 is 5.73 Å². The normalized spacial score (nSPS) is 10.8. The lowest BCUT2D eigenvalue weighted by Gasteiger charge is -2.04. The first kappa shape index (κ1) is 10.9. The van der Waals surface area contributed by atoms with Gasteiger partial charge in [0.05, 0.1) is 11.8 Å². The van der Waals surface area contributed by atoms with E-state index >= 15 is 0 Å². The van der Waals surface area contributed by atoms with E-state index in [4.69, 9.17) is 17.3 Å². The Hall–Kier alpha value is -1.62. The van der Waals surface area contributed by atoms with Gasteiger partial charge in [-0.2, -0.15) is 5.10 Å². The summed E-state index contributed by atoms with van der Waals surface area (Å²) in [4.78, 5) is 0. The van der Waals surface area contributed by atoms with Crippen LogP contribution in [0, 0.1) is 11.6 Å². The SMILES string of the molecule is Cn1ncc(-c2c(F)cc(Cl)cc2F)c1N. The van der Waals surface area contributed by atoms with E-state index in [2.05, 4.69) is 5.10 Å². The Kier molecular flexibility index (Phi) is 2.55. The van der Waals surface area contributed by atoms with Gasteiger partial charge in [0.1, 0.15) is 17.5 Å². The molecule has 0 aliphatic heterocycles. The van der Waals surface area contributed by atoms with Crippen molar-refractivity contribution in [3.63, 3.8) is 0 Å². The van der Waals surface area contributed by atoms with E-state index < -0.39 is 11.6 Å². The van der Waals surface area contributed by atoms with E-state index in [1.165, 1.54) is 10.9 Å². The summed E-state index contributed by atoms with van der Waals surface area (Å²) in [5, 5.41) is 3.82. The second-order valence-electron chi connectivity index (χ2n) is 3.31. The zero-order valence-corrected chi connectivity index (χ0v) is 9.09. The first-order chi connectivity index (χ1) is 7.50. The Morgan fingerprint density at radius 3 is 2.31 bits per heavy atom. The van der Waals surface area contributed by atoms with Crippen LogP contribution in [0.1, 0.15) is 0 Å². The van der Waals surface area contributed by atoms with Crippen molar-refractivity contribution < 1.29 is 8.78 Å². The Bertz CT molecular complexity index is 528. The van der Waals surface area contributed by atoms with Crippen molar-refractivity contribution >= 4 is 17.4 Å². The highest BCUT2D eigenvalue weighted by Gasteiger charge is 2.17. The highest BCUT2D eigenvalue weighted by atomic mass is 35.5. The standard InChI is InChI=1S/C10H8ClF2N3/c1-16-10(14)6(4-15-16)9-7(12)2-5(11)3-8(9)13/h2-4H,14H2,1H3. The van der Waals surface area contributed by atoms with Crippen LogP contribution in [0.3, 0.4) is 0 Å². The van der Waals surface area contributed by atoms with E-state index in [1.54, 1.807) is 7.05 Å². The van der Waals surface area contributed by atoms with E-state index in [0.29, 0.717) is 0 Å². The molecular formula is C10H8ClF2N3. The van der Waals surface area contributed by atoms with Gasteiger partial charge in [0.2, 0.25) is 0 Å². The minimum atomic E-state index is -0.760. The molecule has 1 heterocycles. The molecule has 1 aromatic carbocycles. The molecule has 0 amide bonds. The fourth-order valence-corrected chi connectivity index (χ4v) is 1.63. The maximum Gasteiger partial charge on any atom is 0.135 e. The number of rotatable bonds is 1. The number of hydrogen-bond donors (Lipinski definition) is 1. The van der Waals surface area contributed by atoms with Crippen LogP contribution < -0.4 is 5.73 Å². The maximum atomic E-state index is 13.6. The molecular weight excluding hydrogens is 236 g/mol. The first-order valence-electron chi connectivity index (χ1n) is 4.43. The lowest BCUT2D eigenvalue weighted by molar-refractivity contribution is 0.590. The number of nitrogens with zero attached hydrogens (tertiary/aromatic N) is 2. The molecule has 0 fully saturated rings. The number of anilines is 1. The number of aryl methyl sites for hydroxylation is 1. The van der Waals surface area contributed by atoms with Gasteiger partial charge in [0.15, 0.2) is 0 Å². The molecule has 2 rings (SSSR count). The Labute approximate surface area is 95.4 Å². The molecule has 2 aromatic rings. The molecule has 2 N–H and O–H groups in total. The number of hydrogen-bond acceptors (Lipinski definition) is 2. The summed E-state index contributed by atoms with van der Waals surface area (Å²) in [6.07, 6.45) is 1.31. The zero-order valence-electron chi connectivity index (χ0n) is 8.34. The van der Waals surface area contributed by atoms with Crippen molar-refractivity contribution in [3.05, 3.63) is 35.0 Å². The van der Waals surface area contributed by atoms with Crippen LogP contribution in [0.15, 0.2) is 18.3 Å².